The fraction of sp³-hybridized carbons (Fsp3) is 0.500. The average molecular weight is 264 g/mol. The molecule has 1 rings (SSSR count). The van der Waals surface area contributed by atoms with Gasteiger partial charge in [0.05, 0.1) is 13.0 Å². The molecule has 0 spiro atoms. The van der Waals surface area contributed by atoms with E-state index in [1.54, 1.807) is 31.5 Å². The normalized spacial score (nSPS) is 10.3. The Hall–Kier alpha value is -1.91. The predicted octanol–water partition coefficient (Wildman–Crippen LogP) is 1.42. The van der Waals surface area contributed by atoms with E-state index in [1.807, 2.05) is 13.8 Å². The van der Waals surface area contributed by atoms with E-state index in [0.29, 0.717) is 6.61 Å². The number of esters is 1. The van der Waals surface area contributed by atoms with Gasteiger partial charge < -0.3 is 9.64 Å². The zero-order valence-electron chi connectivity index (χ0n) is 11.6. The van der Waals surface area contributed by atoms with Gasteiger partial charge in [-0.3, -0.25) is 14.6 Å². The second-order valence-electron chi connectivity index (χ2n) is 4.45. The van der Waals surface area contributed by atoms with Gasteiger partial charge in [0.15, 0.2) is 0 Å². The summed E-state index contributed by atoms with van der Waals surface area (Å²) >= 11 is 0. The number of rotatable bonds is 6. The Morgan fingerprint density at radius 3 is 2.47 bits per heavy atom. The molecule has 0 atom stereocenters. The number of aromatic nitrogens is 1. The summed E-state index contributed by atoms with van der Waals surface area (Å²) in [5.41, 5.74) is 0.884. The molecular weight excluding hydrogens is 244 g/mol. The lowest BCUT2D eigenvalue weighted by Crippen LogP contribution is -2.42. The van der Waals surface area contributed by atoms with Gasteiger partial charge in [0.1, 0.15) is 6.54 Å². The molecule has 0 aliphatic heterocycles. The molecule has 19 heavy (non-hydrogen) atoms. The summed E-state index contributed by atoms with van der Waals surface area (Å²) in [7, 11) is 0. The first kappa shape index (κ1) is 15.1. The van der Waals surface area contributed by atoms with Gasteiger partial charge in [-0.25, -0.2) is 0 Å². The van der Waals surface area contributed by atoms with E-state index < -0.39 is 0 Å². The van der Waals surface area contributed by atoms with Crippen molar-refractivity contribution in [3.63, 3.8) is 0 Å². The van der Waals surface area contributed by atoms with Crippen LogP contribution in [0.3, 0.4) is 0 Å². The van der Waals surface area contributed by atoms with Crippen molar-refractivity contribution in [2.24, 2.45) is 0 Å². The summed E-state index contributed by atoms with van der Waals surface area (Å²) in [5, 5.41) is 0. The van der Waals surface area contributed by atoms with Crippen LogP contribution in [-0.4, -0.2) is 41.0 Å². The van der Waals surface area contributed by atoms with Gasteiger partial charge in [0.2, 0.25) is 5.91 Å². The fourth-order valence-electron chi connectivity index (χ4n) is 1.68. The van der Waals surface area contributed by atoms with Crippen molar-refractivity contribution < 1.29 is 14.3 Å². The number of ether oxygens (including phenoxy) is 1. The van der Waals surface area contributed by atoms with Crippen molar-refractivity contribution in [2.45, 2.75) is 33.2 Å². The minimum Gasteiger partial charge on any atom is -0.465 e. The highest BCUT2D eigenvalue weighted by Crippen LogP contribution is 2.06. The summed E-state index contributed by atoms with van der Waals surface area (Å²) < 4.78 is 4.88. The Morgan fingerprint density at radius 1 is 1.32 bits per heavy atom. The van der Waals surface area contributed by atoms with Crippen LogP contribution in [-0.2, 0) is 20.7 Å². The third-order valence-electron chi connectivity index (χ3n) is 2.65. The van der Waals surface area contributed by atoms with Gasteiger partial charge in [-0.1, -0.05) is 0 Å². The molecule has 5 heteroatoms. The van der Waals surface area contributed by atoms with Crippen LogP contribution in [0.1, 0.15) is 26.3 Å². The van der Waals surface area contributed by atoms with E-state index >= 15 is 0 Å². The van der Waals surface area contributed by atoms with Gasteiger partial charge in [-0.05, 0) is 38.5 Å². The molecule has 0 bridgehead atoms. The molecule has 0 radical (unpaired) electrons. The zero-order valence-corrected chi connectivity index (χ0v) is 11.6. The van der Waals surface area contributed by atoms with Crippen LogP contribution in [0.15, 0.2) is 24.5 Å². The standard InChI is InChI=1S/C14H20N2O3/c1-4-19-14(18)10-16(11(2)3)13(17)9-12-5-7-15-8-6-12/h5-8,11H,4,9-10H2,1-3H3. The highest BCUT2D eigenvalue weighted by atomic mass is 16.5. The Labute approximate surface area is 113 Å². The van der Waals surface area contributed by atoms with E-state index in [4.69, 9.17) is 4.74 Å². The van der Waals surface area contributed by atoms with E-state index in [-0.39, 0.29) is 30.9 Å². The van der Waals surface area contributed by atoms with Crippen LogP contribution < -0.4 is 0 Å². The summed E-state index contributed by atoms with van der Waals surface area (Å²) in [6.45, 7) is 5.82. The van der Waals surface area contributed by atoms with Crippen LogP contribution in [0.25, 0.3) is 0 Å². The van der Waals surface area contributed by atoms with Gasteiger partial charge in [-0.15, -0.1) is 0 Å². The van der Waals surface area contributed by atoms with Gasteiger partial charge in [-0.2, -0.15) is 0 Å². The van der Waals surface area contributed by atoms with Crippen molar-refractivity contribution in [3.8, 4) is 0 Å². The molecule has 0 N–H and O–H groups in total. The molecular formula is C14H20N2O3. The molecule has 0 saturated heterocycles. The van der Waals surface area contributed by atoms with Crippen LogP contribution in [0.2, 0.25) is 0 Å². The fourth-order valence-corrected chi connectivity index (χ4v) is 1.68. The van der Waals surface area contributed by atoms with E-state index in [2.05, 4.69) is 4.98 Å². The largest absolute Gasteiger partial charge is 0.465 e. The summed E-state index contributed by atoms with van der Waals surface area (Å²) in [5.74, 6) is -0.464. The SMILES string of the molecule is CCOC(=O)CN(C(=O)Cc1ccncc1)C(C)C. The predicted molar refractivity (Wildman–Crippen MR) is 71.4 cm³/mol. The highest BCUT2D eigenvalue weighted by Gasteiger charge is 2.20. The number of nitrogens with zero attached hydrogens (tertiary/aromatic N) is 2. The van der Waals surface area contributed by atoms with Crippen molar-refractivity contribution in [2.75, 3.05) is 13.2 Å². The first-order valence-electron chi connectivity index (χ1n) is 6.38. The highest BCUT2D eigenvalue weighted by molar-refractivity contribution is 5.83. The monoisotopic (exact) mass is 264 g/mol. The lowest BCUT2D eigenvalue weighted by Gasteiger charge is -2.25. The van der Waals surface area contributed by atoms with Crippen LogP contribution in [0, 0.1) is 0 Å². The van der Waals surface area contributed by atoms with Gasteiger partial charge in [0, 0.05) is 18.4 Å². The number of hydrogen-bond acceptors (Lipinski definition) is 4. The van der Waals surface area contributed by atoms with E-state index in [0.717, 1.165) is 5.56 Å². The quantitative estimate of drug-likeness (QED) is 0.729. The average Bonchev–Trinajstić information content (AvgIpc) is 2.37. The second kappa shape index (κ2) is 7.51. The smallest absolute Gasteiger partial charge is 0.325 e. The lowest BCUT2D eigenvalue weighted by atomic mass is 10.1. The van der Waals surface area contributed by atoms with Gasteiger partial charge in [0.25, 0.3) is 0 Å². The Bertz CT molecular complexity index is 418. The summed E-state index contributed by atoms with van der Waals surface area (Å²) in [6, 6.07) is 3.54. The van der Waals surface area contributed by atoms with Crippen LogP contribution in [0.4, 0.5) is 0 Å². The van der Waals surface area contributed by atoms with E-state index in [1.165, 1.54) is 4.90 Å². The number of hydrogen-bond donors (Lipinski definition) is 0. The number of carbonyl (C=O) groups excluding carboxylic acids is 2. The molecule has 0 unspecified atom stereocenters. The molecule has 0 saturated carbocycles. The zero-order chi connectivity index (χ0) is 14.3. The molecule has 0 aromatic carbocycles. The van der Waals surface area contributed by atoms with Crippen LogP contribution >= 0.6 is 0 Å². The minimum absolute atomic E-state index is 0.00454. The third kappa shape index (κ3) is 5.07. The molecule has 1 amide bonds. The maximum Gasteiger partial charge on any atom is 0.325 e. The number of carbonyl (C=O) groups is 2. The Balaban J connectivity index is 2.66. The molecule has 0 fully saturated rings. The van der Waals surface area contributed by atoms with Crippen molar-refractivity contribution in [1.82, 2.24) is 9.88 Å². The Kier molecular flexibility index (Phi) is 5.99. The van der Waals surface area contributed by atoms with Crippen molar-refractivity contribution >= 4 is 11.9 Å². The molecule has 0 aliphatic rings. The second-order valence-corrected chi connectivity index (χ2v) is 4.45. The maximum absolute atomic E-state index is 12.2. The first-order valence-corrected chi connectivity index (χ1v) is 6.38. The molecule has 1 aromatic rings. The lowest BCUT2D eigenvalue weighted by molar-refractivity contribution is -0.149. The summed E-state index contributed by atoms with van der Waals surface area (Å²) in [6.07, 6.45) is 3.56. The van der Waals surface area contributed by atoms with E-state index in [9.17, 15) is 9.59 Å². The van der Waals surface area contributed by atoms with Crippen molar-refractivity contribution in [3.05, 3.63) is 30.1 Å². The molecule has 5 nitrogen and oxygen atoms in total. The Morgan fingerprint density at radius 2 is 1.95 bits per heavy atom. The maximum atomic E-state index is 12.2. The number of amides is 1. The number of pyridine rings is 1. The first-order chi connectivity index (χ1) is 9.04. The minimum atomic E-state index is -0.376. The third-order valence-corrected chi connectivity index (χ3v) is 2.65. The van der Waals surface area contributed by atoms with Gasteiger partial charge >= 0.3 is 5.97 Å². The molecule has 1 heterocycles. The molecule has 0 aliphatic carbocycles. The molecule has 104 valence electrons. The topological polar surface area (TPSA) is 59.5 Å². The molecule has 1 aromatic heterocycles. The summed E-state index contributed by atoms with van der Waals surface area (Å²) in [4.78, 5) is 29.1. The van der Waals surface area contributed by atoms with Crippen LogP contribution in [0.5, 0.6) is 0 Å². The van der Waals surface area contributed by atoms with Crippen molar-refractivity contribution in [1.29, 1.82) is 0 Å².